The first kappa shape index (κ1) is 20.9. The van der Waals surface area contributed by atoms with E-state index in [9.17, 15) is 14.0 Å². The molecule has 2 amide bonds. The summed E-state index contributed by atoms with van der Waals surface area (Å²) in [7, 11) is 1.31. The summed E-state index contributed by atoms with van der Waals surface area (Å²) in [5.41, 5.74) is 2.64. The number of rotatable bonds is 5. The zero-order valence-electron chi connectivity index (χ0n) is 17.3. The zero-order valence-corrected chi connectivity index (χ0v) is 17.3. The van der Waals surface area contributed by atoms with Crippen molar-refractivity contribution in [1.82, 2.24) is 15.5 Å². The lowest BCUT2D eigenvalue weighted by molar-refractivity contribution is -0.136. The predicted molar refractivity (Wildman–Crippen MR) is 115 cm³/mol. The van der Waals surface area contributed by atoms with Crippen molar-refractivity contribution in [1.29, 1.82) is 0 Å². The molecule has 2 N–H and O–H groups in total. The molecule has 7 nitrogen and oxygen atoms in total. The molecule has 2 aliphatic heterocycles. The SMILES string of the molecule is COC(=O)C1=C(CN2CCN(c3ccccc3)CC2)NC(=O)N[C@H]1c1ccc(F)cc1. The van der Waals surface area contributed by atoms with E-state index in [2.05, 4.69) is 32.6 Å². The Balaban J connectivity index is 1.54. The van der Waals surface area contributed by atoms with Crippen LogP contribution < -0.4 is 15.5 Å². The summed E-state index contributed by atoms with van der Waals surface area (Å²) in [5.74, 6) is -0.913. The van der Waals surface area contributed by atoms with Crippen LogP contribution in [0.3, 0.4) is 0 Å². The number of carbonyl (C=O) groups excluding carboxylic acids is 2. The minimum atomic E-state index is -0.706. The van der Waals surface area contributed by atoms with Crippen molar-refractivity contribution < 1.29 is 18.7 Å². The average molecular weight is 424 g/mol. The van der Waals surface area contributed by atoms with Crippen LogP contribution in [0.25, 0.3) is 0 Å². The van der Waals surface area contributed by atoms with Gasteiger partial charge in [0, 0.05) is 44.1 Å². The van der Waals surface area contributed by atoms with Gasteiger partial charge in [0.2, 0.25) is 0 Å². The third kappa shape index (κ3) is 4.69. The van der Waals surface area contributed by atoms with Gasteiger partial charge in [-0.05, 0) is 29.8 Å². The molecule has 0 bridgehead atoms. The lowest BCUT2D eigenvalue weighted by atomic mass is 9.95. The smallest absolute Gasteiger partial charge is 0.338 e. The number of carbonyl (C=O) groups is 2. The molecule has 1 fully saturated rings. The number of halogens is 1. The van der Waals surface area contributed by atoms with Crippen molar-refractivity contribution in [3.8, 4) is 0 Å². The van der Waals surface area contributed by atoms with Crippen molar-refractivity contribution in [3.05, 3.63) is 77.2 Å². The first-order valence-electron chi connectivity index (χ1n) is 10.2. The monoisotopic (exact) mass is 424 g/mol. The van der Waals surface area contributed by atoms with Crippen LogP contribution in [0.1, 0.15) is 11.6 Å². The number of piperazine rings is 1. The Morgan fingerprint density at radius 1 is 1.06 bits per heavy atom. The fraction of sp³-hybridized carbons (Fsp3) is 0.304. The number of anilines is 1. The molecule has 8 heteroatoms. The number of amides is 2. The summed E-state index contributed by atoms with van der Waals surface area (Å²) in [6.07, 6.45) is 0. The Labute approximate surface area is 180 Å². The second-order valence-electron chi connectivity index (χ2n) is 7.57. The second kappa shape index (κ2) is 9.18. The largest absolute Gasteiger partial charge is 0.466 e. The van der Waals surface area contributed by atoms with Gasteiger partial charge in [0.1, 0.15) is 5.82 Å². The van der Waals surface area contributed by atoms with Gasteiger partial charge in [-0.15, -0.1) is 0 Å². The maximum Gasteiger partial charge on any atom is 0.338 e. The Kier molecular flexibility index (Phi) is 6.18. The average Bonchev–Trinajstić information content (AvgIpc) is 2.80. The van der Waals surface area contributed by atoms with E-state index in [1.165, 1.54) is 24.9 Å². The van der Waals surface area contributed by atoms with E-state index in [0.717, 1.165) is 26.2 Å². The molecule has 0 saturated carbocycles. The quantitative estimate of drug-likeness (QED) is 0.722. The van der Waals surface area contributed by atoms with E-state index in [1.807, 2.05) is 18.2 Å². The van der Waals surface area contributed by atoms with Crippen LogP contribution in [0.15, 0.2) is 65.9 Å². The number of esters is 1. The van der Waals surface area contributed by atoms with Crippen molar-refractivity contribution in [2.75, 3.05) is 44.7 Å². The molecule has 2 heterocycles. The minimum absolute atomic E-state index is 0.333. The lowest BCUT2D eigenvalue weighted by Gasteiger charge is -2.38. The van der Waals surface area contributed by atoms with Gasteiger partial charge in [-0.25, -0.2) is 14.0 Å². The van der Waals surface area contributed by atoms with Gasteiger partial charge in [-0.3, -0.25) is 4.90 Å². The highest BCUT2D eigenvalue weighted by Crippen LogP contribution is 2.28. The summed E-state index contributed by atoms with van der Waals surface area (Å²) in [6.45, 7) is 3.68. The molecule has 4 rings (SSSR count). The number of ether oxygens (including phenoxy) is 1. The van der Waals surface area contributed by atoms with Crippen LogP contribution in [-0.4, -0.2) is 56.7 Å². The van der Waals surface area contributed by atoms with Gasteiger partial charge in [-0.1, -0.05) is 30.3 Å². The number of hydrogen-bond acceptors (Lipinski definition) is 5. The van der Waals surface area contributed by atoms with Crippen LogP contribution in [0.5, 0.6) is 0 Å². The summed E-state index contributed by atoms with van der Waals surface area (Å²) >= 11 is 0. The van der Waals surface area contributed by atoms with Crippen LogP contribution >= 0.6 is 0 Å². The third-order valence-electron chi connectivity index (χ3n) is 5.64. The molecule has 2 aromatic carbocycles. The summed E-state index contributed by atoms with van der Waals surface area (Å²) in [5, 5.41) is 5.54. The van der Waals surface area contributed by atoms with Crippen LogP contribution in [0, 0.1) is 5.82 Å². The lowest BCUT2D eigenvalue weighted by Crippen LogP contribution is -2.51. The Morgan fingerprint density at radius 3 is 2.39 bits per heavy atom. The van der Waals surface area contributed by atoms with Crippen LogP contribution in [-0.2, 0) is 9.53 Å². The number of benzene rings is 2. The molecular formula is C23H25FN4O3. The molecule has 0 unspecified atom stereocenters. The van der Waals surface area contributed by atoms with Crippen molar-refractivity contribution in [2.45, 2.75) is 6.04 Å². The Bertz CT molecular complexity index is 970. The standard InChI is InChI=1S/C23H25FN4O3/c1-31-22(29)20-19(25-23(30)26-21(20)16-7-9-17(24)10-8-16)15-27-11-13-28(14-12-27)18-5-3-2-4-6-18/h2-10,21H,11-15H2,1H3,(H2,25,26,30)/t21-/m0/s1. The van der Waals surface area contributed by atoms with Gasteiger partial charge in [0.15, 0.2) is 0 Å². The fourth-order valence-electron chi connectivity index (χ4n) is 4.03. The van der Waals surface area contributed by atoms with E-state index in [4.69, 9.17) is 4.74 Å². The molecule has 0 spiro atoms. The first-order chi connectivity index (χ1) is 15.0. The molecule has 0 aromatic heterocycles. The zero-order chi connectivity index (χ0) is 21.8. The Morgan fingerprint density at radius 2 is 1.74 bits per heavy atom. The number of para-hydroxylation sites is 1. The molecule has 0 aliphatic carbocycles. The molecule has 2 aliphatic rings. The third-order valence-corrected chi connectivity index (χ3v) is 5.64. The topological polar surface area (TPSA) is 73.9 Å². The molecule has 1 atom stereocenters. The van der Waals surface area contributed by atoms with Crippen LogP contribution in [0.2, 0.25) is 0 Å². The molecule has 0 radical (unpaired) electrons. The van der Waals surface area contributed by atoms with E-state index >= 15 is 0 Å². The van der Waals surface area contributed by atoms with Gasteiger partial charge in [-0.2, -0.15) is 0 Å². The van der Waals surface area contributed by atoms with E-state index in [1.54, 1.807) is 12.1 Å². The molecule has 31 heavy (non-hydrogen) atoms. The van der Waals surface area contributed by atoms with E-state index in [-0.39, 0.29) is 5.82 Å². The summed E-state index contributed by atoms with van der Waals surface area (Å²) in [4.78, 5) is 29.5. The van der Waals surface area contributed by atoms with Crippen molar-refractivity contribution in [2.24, 2.45) is 0 Å². The molecule has 2 aromatic rings. The van der Waals surface area contributed by atoms with E-state index < -0.39 is 18.0 Å². The van der Waals surface area contributed by atoms with Gasteiger partial charge >= 0.3 is 12.0 Å². The second-order valence-corrected chi connectivity index (χ2v) is 7.57. The number of nitrogens with zero attached hydrogens (tertiary/aromatic N) is 2. The highest BCUT2D eigenvalue weighted by Gasteiger charge is 2.34. The highest BCUT2D eigenvalue weighted by atomic mass is 19.1. The normalized spacial score (nSPS) is 19.6. The van der Waals surface area contributed by atoms with Gasteiger partial charge in [0.25, 0.3) is 0 Å². The highest BCUT2D eigenvalue weighted by molar-refractivity contribution is 5.95. The fourth-order valence-corrected chi connectivity index (χ4v) is 4.03. The molecular weight excluding hydrogens is 399 g/mol. The van der Waals surface area contributed by atoms with Crippen LogP contribution in [0.4, 0.5) is 14.9 Å². The Hall–Kier alpha value is -3.39. The summed E-state index contributed by atoms with van der Waals surface area (Å²) < 4.78 is 18.4. The first-order valence-corrected chi connectivity index (χ1v) is 10.2. The maximum atomic E-state index is 13.4. The van der Waals surface area contributed by atoms with Gasteiger partial charge in [0.05, 0.1) is 18.7 Å². The number of urea groups is 1. The minimum Gasteiger partial charge on any atom is -0.466 e. The van der Waals surface area contributed by atoms with Crippen molar-refractivity contribution >= 4 is 17.7 Å². The molecule has 162 valence electrons. The van der Waals surface area contributed by atoms with E-state index in [0.29, 0.717) is 23.4 Å². The predicted octanol–water partition coefficient (Wildman–Crippen LogP) is 2.43. The molecule has 1 saturated heterocycles. The summed E-state index contributed by atoms with van der Waals surface area (Å²) in [6, 6.07) is 14.9. The number of nitrogens with one attached hydrogen (secondary N) is 2. The number of methoxy groups -OCH3 is 1. The van der Waals surface area contributed by atoms with Gasteiger partial charge < -0.3 is 20.3 Å². The van der Waals surface area contributed by atoms with Crippen molar-refractivity contribution in [3.63, 3.8) is 0 Å². The number of hydrogen-bond donors (Lipinski definition) is 2. The maximum absolute atomic E-state index is 13.4.